The van der Waals surface area contributed by atoms with Crippen molar-refractivity contribution in [2.45, 2.75) is 39.7 Å². The van der Waals surface area contributed by atoms with Crippen LogP contribution >= 0.6 is 0 Å². The Hall–Kier alpha value is -1.46. The van der Waals surface area contributed by atoms with Crippen LogP contribution in [0.1, 0.15) is 33.5 Å². The fraction of sp³-hybridized carbons (Fsp3) is 0.778. The standard InChI is InChI=1S/C9H16N4O2/c1-6(7(14)15)5-13-8(9(2,3)4)10-11-12-13/h6H,5H2,1-4H3,(H,14,15). The van der Waals surface area contributed by atoms with E-state index in [-0.39, 0.29) is 5.41 Å². The summed E-state index contributed by atoms with van der Waals surface area (Å²) in [6, 6.07) is 0. The molecule has 1 aromatic heterocycles. The van der Waals surface area contributed by atoms with Crippen molar-refractivity contribution < 1.29 is 9.90 Å². The lowest BCUT2D eigenvalue weighted by Crippen LogP contribution is -2.24. The van der Waals surface area contributed by atoms with Gasteiger partial charge in [0.25, 0.3) is 0 Å². The third-order valence-corrected chi connectivity index (χ3v) is 2.07. The Morgan fingerprint density at radius 2 is 2.13 bits per heavy atom. The van der Waals surface area contributed by atoms with Crippen LogP contribution in [0.5, 0.6) is 0 Å². The second-order valence-electron chi connectivity index (χ2n) is 4.67. The van der Waals surface area contributed by atoms with Crippen molar-refractivity contribution >= 4 is 5.97 Å². The number of tetrazole rings is 1. The van der Waals surface area contributed by atoms with Gasteiger partial charge in [-0.25, -0.2) is 4.68 Å². The van der Waals surface area contributed by atoms with Crippen molar-refractivity contribution in [2.75, 3.05) is 0 Å². The van der Waals surface area contributed by atoms with Gasteiger partial charge in [0.1, 0.15) is 0 Å². The Kier molecular flexibility index (Phi) is 3.06. The molecule has 1 N–H and O–H groups in total. The van der Waals surface area contributed by atoms with Crippen molar-refractivity contribution in [2.24, 2.45) is 5.92 Å². The van der Waals surface area contributed by atoms with Gasteiger partial charge in [-0.15, -0.1) is 5.10 Å². The van der Waals surface area contributed by atoms with E-state index in [0.29, 0.717) is 12.4 Å². The third kappa shape index (κ3) is 2.74. The average molecular weight is 212 g/mol. The number of aromatic nitrogens is 4. The van der Waals surface area contributed by atoms with Gasteiger partial charge >= 0.3 is 5.97 Å². The van der Waals surface area contributed by atoms with Crippen molar-refractivity contribution in [3.05, 3.63) is 5.82 Å². The quantitative estimate of drug-likeness (QED) is 0.797. The van der Waals surface area contributed by atoms with Gasteiger partial charge in [-0.2, -0.15) is 0 Å². The maximum absolute atomic E-state index is 10.7. The summed E-state index contributed by atoms with van der Waals surface area (Å²) >= 11 is 0. The van der Waals surface area contributed by atoms with Gasteiger partial charge in [0.2, 0.25) is 0 Å². The van der Waals surface area contributed by atoms with Crippen LogP contribution < -0.4 is 0 Å². The molecule has 0 fully saturated rings. The SMILES string of the molecule is CC(Cn1nnnc1C(C)(C)C)C(=O)O. The van der Waals surface area contributed by atoms with E-state index in [1.165, 1.54) is 0 Å². The summed E-state index contributed by atoms with van der Waals surface area (Å²) in [4.78, 5) is 10.7. The fourth-order valence-electron chi connectivity index (χ4n) is 1.20. The largest absolute Gasteiger partial charge is 0.481 e. The first-order valence-electron chi connectivity index (χ1n) is 4.82. The van der Waals surface area contributed by atoms with Crippen molar-refractivity contribution in [3.63, 3.8) is 0 Å². The Labute approximate surface area is 88.3 Å². The molecular formula is C9H16N4O2. The van der Waals surface area contributed by atoms with E-state index in [1.807, 2.05) is 20.8 Å². The number of carbonyl (C=O) groups is 1. The van der Waals surface area contributed by atoms with Crippen LogP contribution in [0.3, 0.4) is 0 Å². The molecule has 6 heteroatoms. The van der Waals surface area contributed by atoms with E-state index >= 15 is 0 Å². The van der Waals surface area contributed by atoms with Crippen LogP contribution in [-0.4, -0.2) is 31.3 Å². The molecule has 0 amide bonds. The number of hydrogen-bond donors (Lipinski definition) is 1. The van der Waals surface area contributed by atoms with Gasteiger partial charge in [-0.3, -0.25) is 4.79 Å². The Morgan fingerprint density at radius 3 is 2.60 bits per heavy atom. The van der Waals surface area contributed by atoms with Crippen molar-refractivity contribution in [3.8, 4) is 0 Å². The van der Waals surface area contributed by atoms with Crippen molar-refractivity contribution in [1.29, 1.82) is 0 Å². The number of nitrogens with zero attached hydrogens (tertiary/aromatic N) is 4. The van der Waals surface area contributed by atoms with Gasteiger partial charge in [-0.05, 0) is 10.4 Å². The van der Waals surface area contributed by atoms with E-state index < -0.39 is 11.9 Å². The summed E-state index contributed by atoms with van der Waals surface area (Å²) in [6.45, 7) is 7.90. The molecule has 15 heavy (non-hydrogen) atoms. The van der Waals surface area contributed by atoms with Gasteiger partial charge in [0.15, 0.2) is 5.82 Å². The van der Waals surface area contributed by atoms with Crippen LogP contribution in [0.2, 0.25) is 0 Å². The monoisotopic (exact) mass is 212 g/mol. The first kappa shape index (κ1) is 11.6. The molecule has 6 nitrogen and oxygen atoms in total. The smallest absolute Gasteiger partial charge is 0.308 e. The molecule has 0 bridgehead atoms. The van der Waals surface area contributed by atoms with Gasteiger partial charge < -0.3 is 5.11 Å². The molecule has 84 valence electrons. The number of carboxylic acid groups (broad SMARTS) is 1. The Bertz CT molecular complexity index is 353. The number of rotatable bonds is 3. The Balaban J connectivity index is 2.87. The summed E-state index contributed by atoms with van der Waals surface area (Å²) in [7, 11) is 0. The normalized spacial score (nSPS) is 13.9. The highest BCUT2D eigenvalue weighted by atomic mass is 16.4. The topological polar surface area (TPSA) is 80.9 Å². The first-order chi connectivity index (χ1) is 6.82. The molecular weight excluding hydrogens is 196 g/mol. The second-order valence-corrected chi connectivity index (χ2v) is 4.67. The molecule has 1 rings (SSSR count). The van der Waals surface area contributed by atoms with Crippen LogP contribution in [0.15, 0.2) is 0 Å². The first-order valence-corrected chi connectivity index (χ1v) is 4.82. The zero-order chi connectivity index (χ0) is 11.6. The van der Waals surface area contributed by atoms with E-state index in [0.717, 1.165) is 0 Å². The summed E-state index contributed by atoms with van der Waals surface area (Å²) in [6.07, 6.45) is 0. The lowest BCUT2D eigenvalue weighted by Gasteiger charge is -2.17. The molecule has 0 saturated heterocycles. The number of carboxylic acids is 1. The molecule has 0 spiro atoms. The fourth-order valence-corrected chi connectivity index (χ4v) is 1.20. The molecule has 0 aliphatic carbocycles. The zero-order valence-corrected chi connectivity index (χ0v) is 9.43. The molecule has 1 aromatic rings. The molecule has 0 radical (unpaired) electrons. The molecule has 0 aliphatic rings. The van der Waals surface area contributed by atoms with E-state index in [1.54, 1.807) is 11.6 Å². The van der Waals surface area contributed by atoms with Gasteiger partial charge in [0, 0.05) is 5.41 Å². The van der Waals surface area contributed by atoms with Gasteiger partial charge in [0.05, 0.1) is 12.5 Å². The average Bonchev–Trinajstić information content (AvgIpc) is 2.50. The molecule has 1 heterocycles. The predicted octanol–water partition coefficient (Wildman–Crippen LogP) is 0.691. The molecule has 0 aliphatic heterocycles. The number of hydrogen-bond acceptors (Lipinski definition) is 4. The molecule has 1 unspecified atom stereocenters. The summed E-state index contributed by atoms with van der Waals surface area (Å²) in [5.41, 5.74) is -0.179. The highest BCUT2D eigenvalue weighted by Crippen LogP contribution is 2.19. The van der Waals surface area contributed by atoms with Crippen LogP contribution in [0.4, 0.5) is 0 Å². The summed E-state index contributed by atoms with van der Waals surface area (Å²) in [5, 5.41) is 20.1. The van der Waals surface area contributed by atoms with Crippen LogP contribution in [-0.2, 0) is 16.8 Å². The summed E-state index contributed by atoms with van der Waals surface area (Å²) in [5.74, 6) is -0.629. The lowest BCUT2D eigenvalue weighted by atomic mass is 9.95. The van der Waals surface area contributed by atoms with E-state index in [9.17, 15) is 4.79 Å². The summed E-state index contributed by atoms with van der Waals surface area (Å²) < 4.78 is 1.55. The van der Waals surface area contributed by atoms with Crippen LogP contribution in [0, 0.1) is 5.92 Å². The van der Waals surface area contributed by atoms with Crippen LogP contribution in [0.25, 0.3) is 0 Å². The third-order valence-electron chi connectivity index (χ3n) is 2.07. The highest BCUT2D eigenvalue weighted by molar-refractivity contribution is 5.69. The highest BCUT2D eigenvalue weighted by Gasteiger charge is 2.24. The van der Waals surface area contributed by atoms with E-state index in [4.69, 9.17) is 5.11 Å². The molecule has 0 saturated carbocycles. The zero-order valence-electron chi connectivity index (χ0n) is 9.43. The number of aliphatic carboxylic acids is 1. The van der Waals surface area contributed by atoms with E-state index in [2.05, 4.69) is 15.5 Å². The minimum Gasteiger partial charge on any atom is -0.481 e. The lowest BCUT2D eigenvalue weighted by molar-refractivity contribution is -0.141. The predicted molar refractivity (Wildman–Crippen MR) is 53.3 cm³/mol. The minimum atomic E-state index is -0.842. The molecule has 1 atom stereocenters. The second kappa shape index (κ2) is 3.96. The Morgan fingerprint density at radius 1 is 1.53 bits per heavy atom. The van der Waals surface area contributed by atoms with Crippen molar-refractivity contribution in [1.82, 2.24) is 20.2 Å². The van der Waals surface area contributed by atoms with Gasteiger partial charge in [-0.1, -0.05) is 27.7 Å². The minimum absolute atomic E-state index is 0.179. The maximum atomic E-state index is 10.7. The maximum Gasteiger partial charge on any atom is 0.308 e. The molecule has 0 aromatic carbocycles.